The van der Waals surface area contributed by atoms with E-state index in [0.717, 1.165) is 34.7 Å². The summed E-state index contributed by atoms with van der Waals surface area (Å²) in [6, 6.07) is 11.5. The molecule has 3 rings (SSSR count). The molecule has 1 N–H and O–H groups in total. The van der Waals surface area contributed by atoms with Crippen molar-refractivity contribution in [2.75, 3.05) is 7.05 Å². The van der Waals surface area contributed by atoms with Crippen molar-refractivity contribution < 1.29 is 8.83 Å². The highest BCUT2D eigenvalue weighted by Crippen LogP contribution is 2.30. The molecule has 0 saturated carbocycles. The molecule has 0 aliphatic carbocycles. The Morgan fingerprint density at radius 2 is 1.95 bits per heavy atom. The summed E-state index contributed by atoms with van der Waals surface area (Å²) >= 11 is 6.00. The number of benzene rings is 1. The van der Waals surface area contributed by atoms with Gasteiger partial charge in [0.05, 0.1) is 0 Å². The third-order valence-electron chi connectivity index (χ3n) is 3.39. The Hall–Kier alpha value is -1.71. The minimum atomic E-state index is -0.0959. The van der Waals surface area contributed by atoms with Crippen molar-refractivity contribution in [3.05, 3.63) is 58.7 Å². The van der Waals surface area contributed by atoms with Gasteiger partial charge in [-0.05, 0) is 43.4 Å². The number of fused-ring (bicyclic) bond motifs is 1. The fraction of sp³-hybridized carbons (Fsp3) is 0.250. The maximum absolute atomic E-state index is 6.00. The van der Waals surface area contributed by atoms with Crippen molar-refractivity contribution in [1.82, 2.24) is 5.32 Å². The van der Waals surface area contributed by atoms with Gasteiger partial charge in [0, 0.05) is 16.8 Å². The normalized spacial score (nSPS) is 12.9. The van der Waals surface area contributed by atoms with Crippen molar-refractivity contribution >= 4 is 22.6 Å². The first kappa shape index (κ1) is 13.3. The van der Waals surface area contributed by atoms with Crippen molar-refractivity contribution in [2.45, 2.75) is 19.4 Å². The van der Waals surface area contributed by atoms with Crippen LogP contribution in [0.2, 0.25) is 5.02 Å². The van der Waals surface area contributed by atoms with Crippen LogP contribution in [0.3, 0.4) is 0 Å². The average molecular weight is 290 g/mol. The van der Waals surface area contributed by atoms with Crippen LogP contribution >= 0.6 is 11.6 Å². The van der Waals surface area contributed by atoms with E-state index in [9.17, 15) is 0 Å². The molecule has 0 spiro atoms. The first-order valence-corrected chi connectivity index (χ1v) is 7.04. The molecule has 2 heterocycles. The zero-order valence-corrected chi connectivity index (χ0v) is 12.2. The summed E-state index contributed by atoms with van der Waals surface area (Å²) < 4.78 is 11.7. The van der Waals surface area contributed by atoms with Gasteiger partial charge in [0.15, 0.2) is 0 Å². The van der Waals surface area contributed by atoms with E-state index in [2.05, 4.69) is 12.2 Å². The van der Waals surface area contributed by atoms with Crippen LogP contribution in [0.15, 0.2) is 45.2 Å². The summed E-state index contributed by atoms with van der Waals surface area (Å²) in [5, 5.41) is 4.93. The van der Waals surface area contributed by atoms with Gasteiger partial charge >= 0.3 is 0 Å². The highest BCUT2D eigenvalue weighted by atomic mass is 35.5. The third-order valence-corrected chi connectivity index (χ3v) is 3.62. The van der Waals surface area contributed by atoms with Crippen LogP contribution in [0.25, 0.3) is 11.0 Å². The largest absolute Gasteiger partial charge is 0.464 e. The zero-order valence-electron chi connectivity index (χ0n) is 11.4. The summed E-state index contributed by atoms with van der Waals surface area (Å²) in [7, 11) is 1.89. The molecule has 0 aliphatic rings. The Morgan fingerprint density at radius 3 is 2.65 bits per heavy atom. The summed E-state index contributed by atoms with van der Waals surface area (Å²) in [5.74, 6) is 2.65. The second kappa shape index (κ2) is 5.35. The van der Waals surface area contributed by atoms with Crippen molar-refractivity contribution in [2.24, 2.45) is 0 Å². The van der Waals surface area contributed by atoms with Crippen LogP contribution in [0, 0.1) is 0 Å². The van der Waals surface area contributed by atoms with Gasteiger partial charge in [0.25, 0.3) is 0 Å². The van der Waals surface area contributed by atoms with E-state index in [1.165, 1.54) is 0 Å². The molecule has 4 heteroatoms. The van der Waals surface area contributed by atoms with Crippen LogP contribution in [0.5, 0.6) is 0 Å². The summed E-state index contributed by atoms with van der Waals surface area (Å²) in [6.45, 7) is 2.07. The summed E-state index contributed by atoms with van der Waals surface area (Å²) in [4.78, 5) is 0. The molecule has 3 aromatic rings. The maximum Gasteiger partial charge on any atom is 0.134 e. The minimum absolute atomic E-state index is 0.0959. The zero-order chi connectivity index (χ0) is 14.1. The van der Waals surface area contributed by atoms with Gasteiger partial charge in [-0.1, -0.05) is 18.5 Å². The van der Waals surface area contributed by atoms with Gasteiger partial charge in [0.1, 0.15) is 28.9 Å². The SMILES string of the molecule is CCc1ccc(C(NC)c2cc3cc(Cl)ccc3o2)o1. The molecular formula is C16H16ClNO2. The number of hydrogen-bond donors (Lipinski definition) is 1. The standard InChI is InChI=1S/C16H16ClNO2/c1-3-12-5-7-14(19-12)16(18-2)15-9-10-8-11(17)4-6-13(10)20-15/h4-9,16,18H,3H2,1-2H3. The number of furan rings is 2. The summed E-state index contributed by atoms with van der Waals surface area (Å²) in [6.07, 6.45) is 0.881. The molecular weight excluding hydrogens is 274 g/mol. The molecule has 20 heavy (non-hydrogen) atoms. The first-order chi connectivity index (χ1) is 9.71. The Bertz CT molecular complexity index is 729. The van der Waals surface area contributed by atoms with E-state index in [0.29, 0.717) is 5.02 Å². The van der Waals surface area contributed by atoms with Crippen LogP contribution in [0.1, 0.15) is 30.2 Å². The fourth-order valence-corrected chi connectivity index (χ4v) is 2.52. The van der Waals surface area contributed by atoms with E-state index < -0.39 is 0 Å². The van der Waals surface area contributed by atoms with Gasteiger partial charge in [-0.2, -0.15) is 0 Å². The van der Waals surface area contributed by atoms with Crippen molar-refractivity contribution in [3.8, 4) is 0 Å². The molecule has 3 nitrogen and oxygen atoms in total. The Morgan fingerprint density at radius 1 is 1.10 bits per heavy atom. The highest BCUT2D eigenvalue weighted by molar-refractivity contribution is 6.31. The number of rotatable bonds is 4. The lowest BCUT2D eigenvalue weighted by Crippen LogP contribution is -2.16. The first-order valence-electron chi connectivity index (χ1n) is 6.66. The molecule has 0 aliphatic heterocycles. The summed E-state index contributed by atoms with van der Waals surface area (Å²) in [5.41, 5.74) is 0.826. The van der Waals surface area contributed by atoms with Crippen LogP contribution in [-0.2, 0) is 6.42 Å². The third kappa shape index (κ3) is 2.35. The number of aryl methyl sites for hydroxylation is 1. The molecule has 104 valence electrons. The number of nitrogens with one attached hydrogen (secondary N) is 1. The van der Waals surface area contributed by atoms with Gasteiger partial charge in [-0.25, -0.2) is 0 Å². The molecule has 0 amide bonds. The Balaban J connectivity index is 2.02. The monoisotopic (exact) mass is 289 g/mol. The lowest BCUT2D eigenvalue weighted by Gasteiger charge is -2.10. The highest BCUT2D eigenvalue weighted by Gasteiger charge is 2.20. The topological polar surface area (TPSA) is 38.3 Å². The molecule has 2 aromatic heterocycles. The van der Waals surface area contributed by atoms with E-state index in [-0.39, 0.29) is 6.04 Å². The van der Waals surface area contributed by atoms with Crippen LogP contribution < -0.4 is 5.32 Å². The van der Waals surface area contributed by atoms with Crippen LogP contribution in [0.4, 0.5) is 0 Å². The lowest BCUT2D eigenvalue weighted by atomic mass is 10.1. The quantitative estimate of drug-likeness (QED) is 0.766. The van der Waals surface area contributed by atoms with Gasteiger partial charge in [-0.15, -0.1) is 0 Å². The van der Waals surface area contributed by atoms with E-state index in [1.807, 2.05) is 43.4 Å². The molecule has 1 aromatic carbocycles. The molecule has 1 unspecified atom stereocenters. The van der Waals surface area contributed by atoms with Crippen LogP contribution in [-0.4, -0.2) is 7.05 Å². The second-order valence-electron chi connectivity index (χ2n) is 4.71. The lowest BCUT2D eigenvalue weighted by molar-refractivity contribution is 0.398. The van der Waals surface area contributed by atoms with Crippen molar-refractivity contribution in [3.63, 3.8) is 0 Å². The van der Waals surface area contributed by atoms with E-state index in [1.54, 1.807) is 0 Å². The number of halogens is 1. The maximum atomic E-state index is 6.00. The molecule has 1 atom stereocenters. The number of hydrogen-bond acceptors (Lipinski definition) is 3. The van der Waals surface area contributed by atoms with Crippen molar-refractivity contribution in [1.29, 1.82) is 0 Å². The molecule has 0 fully saturated rings. The average Bonchev–Trinajstić information content (AvgIpc) is 3.06. The van der Waals surface area contributed by atoms with E-state index >= 15 is 0 Å². The van der Waals surface area contributed by atoms with Gasteiger partial charge < -0.3 is 14.2 Å². The smallest absolute Gasteiger partial charge is 0.134 e. The molecule has 0 saturated heterocycles. The Kier molecular flexibility index (Phi) is 3.55. The van der Waals surface area contributed by atoms with E-state index in [4.69, 9.17) is 20.4 Å². The molecule has 0 radical (unpaired) electrons. The predicted molar refractivity (Wildman–Crippen MR) is 80.2 cm³/mol. The Labute approximate surface area is 122 Å². The predicted octanol–water partition coefficient (Wildman–Crippen LogP) is 4.55. The fourth-order valence-electron chi connectivity index (χ4n) is 2.34. The minimum Gasteiger partial charge on any atom is -0.464 e. The van der Waals surface area contributed by atoms with Gasteiger partial charge in [0.2, 0.25) is 0 Å². The van der Waals surface area contributed by atoms with Gasteiger partial charge in [-0.3, -0.25) is 0 Å². The molecule has 0 bridgehead atoms. The second-order valence-corrected chi connectivity index (χ2v) is 5.15.